The minimum Gasteiger partial charge on any atom is -0.399 e. The number of benzene rings is 1. The summed E-state index contributed by atoms with van der Waals surface area (Å²) in [4.78, 5) is 4.63. The van der Waals surface area contributed by atoms with Crippen LogP contribution in [0.4, 0.5) is 11.4 Å². The fourth-order valence-corrected chi connectivity index (χ4v) is 1.64. The number of nitrogens with zero attached hydrogens (tertiary/aromatic N) is 1. The first-order valence-corrected chi connectivity index (χ1v) is 6.02. The van der Waals surface area contributed by atoms with Crippen LogP contribution in [0.15, 0.2) is 34.8 Å². The van der Waals surface area contributed by atoms with Crippen LogP contribution < -0.4 is 5.73 Å². The number of allylic oxidation sites excluding steroid dienone is 2. The molecular weight excluding hydrogens is 208 g/mol. The Morgan fingerprint density at radius 3 is 2.59 bits per heavy atom. The van der Waals surface area contributed by atoms with Crippen molar-refractivity contribution in [2.45, 2.75) is 40.5 Å². The smallest absolute Gasteiger partial charge is 0.0659 e. The zero-order valence-electron chi connectivity index (χ0n) is 11.2. The summed E-state index contributed by atoms with van der Waals surface area (Å²) in [6.07, 6.45) is 4.32. The summed E-state index contributed by atoms with van der Waals surface area (Å²) in [5.74, 6) is 0. The van der Waals surface area contributed by atoms with Crippen LogP contribution in [0.1, 0.15) is 39.2 Å². The van der Waals surface area contributed by atoms with Gasteiger partial charge in [-0.05, 0) is 64.3 Å². The average molecular weight is 230 g/mol. The molecule has 0 radical (unpaired) electrons. The number of aryl methyl sites for hydroxylation is 1. The highest BCUT2D eigenvalue weighted by atomic mass is 14.7. The Balaban J connectivity index is 2.70. The van der Waals surface area contributed by atoms with Gasteiger partial charge in [0.1, 0.15) is 0 Å². The summed E-state index contributed by atoms with van der Waals surface area (Å²) in [6, 6.07) is 5.84. The Hall–Kier alpha value is -1.57. The normalized spacial score (nSPS) is 11.4. The molecule has 0 aromatic heterocycles. The van der Waals surface area contributed by atoms with Crippen LogP contribution in [0.3, 0.4) is 0 Å². The van der Waals surface area contributed by atoms with E-state index in [2.05, 4.69) is 31.8 Å². The van der Waals surface area contributed by atoms with Crippen molar-refractivity contribution in [2.24, 2.45) is 4.99 Å². The van der Waals surface area contributed by atoms with E-state index in [4.69, 9.17) is 5.73 Å². The summed E-state index contributed by atoms with van der Waals surface area (Å²) in [7, 11) is 0. The van der Waals surface area contributed by atoms with Crippen molar-refractivity contribution in [3.05, 3.63) is 35.4 Å². The molecule has 0 saturated heterocycles. The van der Waals surface area contributed by atoms with E-state index < -0.39 is 0 Å². The lowest BCUT2D eigenvalue weighted by molar-refractivity contribution is 1.06. The van der Waals surface area contributed by atoms with Gasteiger partial charge in [0.2, 0.25) is 0 Å². The zero-order valence-corrected chi connectivity index (χ0v) is 11.2. The van der Waals surface area contributed by atoms with E-state index >= 15 is 0 Å². The standard InChI is InChI=1S/C15H22N2/c1-11(2)6-5-7-13(4)17-15-9-8-14(16)10-12(15)3/h6,8-10H,5,7,16H2,1-4H3. The van der Waals surface area contributed by atoms with Gasteiger partial charge in [0, 0.05) is 11.4 Å². The minimum atomic E-state index is 0.795. The highest BCUT2D eigenvalue weighted by molar-refractivity contribution is 5.85. The molecule has 2 N–H and O–H groups in total. The Morgan fingerprint density at radius 2 is 2.00 bits per heavy atom. The Labute approximate surface area is 104 Å². The molecule has 0 aliphatic heterocycles. The zero-order chi connectivity index (χ0) is 12.8. The fourth-order valence-electron chi connectivity index (χ4n) is 1.64. The molecule has 0 aliphatic carbocycles. The number of hydrogen-bond donors (Lipinski definition) is 1. The van der Waals surface area contributed by atoms with Crippen LogP contribution in [-0.4, -0.2) is 5.71 Å². The molecule has 17 heavy (non-hydrogen) atoms. The van der Waals surface area contributed by atoms with Crippen molar-refractivity contribution in [1.29, 1.82) is 0 Å². The molecule has 2 nitrogen and oxygen atoms in total. The van der Waals surface area contributed by atoms with E-state index in [1.807, 2.05) is 25.1 Å². The van der Waals surface area contributed by atoms with Crippen molar-refractivity contribution in [2.75, 3.05) is 5.73 Å². The van der Waals surface area contributed by atoms with Gasteiger partial charge in [0.25, 0.3) is 0 Å². The molecule has 0 unspecified atom stereocenters. The van der Waals surface area contributed by atoms with E-state index in [-0.39, 0.29) is 0 Å². The van der Waals surface area contributed by atoms with Gasteiger partial charge in [-0.15, -0.1) is 0 Å². The number of rotatable bonds is 4. The van der Waals surface area contributed by atoms with E-state index in [0.29, 0.717) is 0 Å². The molecule has 0 spiro atoms. The molecule has 0 aliphatic rings. The molecule has 1 aromatic carbocycles. The second-order valence-corrected chi connectivity index (χ2v) is 4.71. The second kappa shape index (κ2) is 6.24. The molecule has 0 bridgehead atoms. The van der Waals surface area contributed by atoms with Gasteiger partial charge in [-0.3, -0.25) is 4.99 Å². The first kappa shape index (κ1) is 13.5. The van der Waals surface area contributed by atoms with Crippen LogP contribution in [0.25, 0.3) is 0 Å². The van der Waals surface area contributed by atoms with Gasteiger partial charge in [-0.1, -0.05) is 11.6 Å². The molecule has 0 saturated carbocycles. The van der Waals surface area contributed by atoms with Gasteiger partial charge < -0.3 is 5.73 Å². The number of nitrogen functional groups attached to an aromatic ring is 1. The third kappa shape index (κ3) is 4.85. The third-order valence-electron chi connectivity index (χ3n) is 2.59. The van der Waals surface area contributed by atoms with Crippen molar-refractivity contribution in [3.63, 3.8) is 0 Å². The van der Waals surface area contributed by atoms with E-state index in [9.17, 15) is 0 Å². The maximum absolute atomic E-state index is 5.72. The van der Waals surface area contributed by atoms with Crippen molar-refractivity contribution in [1.82, 2.24) is 0 Å². The van der Waals surface area contributed by atoms with Crippen LogP contribution in [0, 0.1) is 6.92 Å². The predicted octanol–water partition coefficient (Wildman–Crippen LogP) is 4.42. The maximum Gasteiger partial charge on any atom is 0.0659 e. The van der Waals surface area contributed by atoms with Crippen LogP contribution in [0.5, 0.6) is 0 Å². The third-order valence-corrected chi connectivity index (χ3v) is 2.59. The Bertz CT molecular complexity index is 438. The van der Waals surface area contributed by atoms with Crippen molar-refractivity contribution >= 4 is 17.1 Å². The molecule has 2 heteroatoms. The highest BCUT2D eigenvalue weighted by Gasteiger charge is 1.98. The van der Waals surface area contributed by atoms with Crippen LogP contribution in [-0.2, 0) is 0 Å². The second-order valence-electron chi connectivity index (χ2n) is 4.71. The predicted molar refractivity (Wildman–Crippen MR) is 77.0 cm³/mol. The quantitative estimate of drug-likeness (QED) is 0.464. The van der Waals surface area contributed by atoms with E-state index in [1.54, 1.807) is 0 Å². The average Bonchev–Trinajstić information content (AvgIpc) is 2.21. The summed E-state index contributed by atoms with van der Waals surface area (Å²) >= 11 is 0. The lowest BCUT2D eigenvalue weighted by atomic mass is 10.1. The van der Waals surface area contributed by atoms with Gasteiger partial charge in [0.15, 0.2) is 0 Å². The minimum absolute atomic E-state index is 0.795. The van der Waals surface area contributed by atoms with Gasteiger partial charge >= 0.3 is 0 Å². The largest absolute Gasteiger partial charge is 0.399 e. The van der Waals surface area contributed by atoms with Gasteiger partial charge in [0.05, 0.1) is 5.69 Å². The molecule has 0 heterocycles. The van der Waals surface area contributed by atoms with E-state index in [0.717, 1.165) is 35.5 Å². The summed E-state index contributed by atoms with van der Waals surface area (Å²) in [6.45, 7) is 8.36. The molecule has 1 aromatic rings. The van der Waals surface area contributed by atoms with Gasteiger partial charge in [-0.25, -0.2) is 0 Å². The molecule has 0 atom stereocenters. The Kier molecular flexibility index (Phi) is 4.95. The van der Waals surface area contributed by atoms with E-state index in [1.165, 1.54) is 5.57 Å². The number of hydrogen-bond acceptors (Lipinski definition) is 2. The Morgan fingerprint density at radius 1 is 1.29 bits per heavy atom. The monoisotopic (exact) mass is 230 g/mol. The van der Waals surface area contributed by atoms with Crippen molar-refractivity contribution in [3.8, 4) is 0 Å². The maximum atomic E-state index is 5.72. The van der Waals surface area contributed by atoms with Crippen LogP contribution >= 0.6 is 0 Å². The number of aliphatic imine (C=N–C) groups is 1. The summed E-state index contributed by atoms with van der Waals surface area (Å²) in [5.41, 5.74) is 11.2. The molecular formula is C15H22N2. The van der Waals surface area contributed by atoms with Gasteiger partial charge in [-0.2, -0.15) is 0 Å². The SMILES string of the molecule is CC(C)=CCCC(C)=Nc1ccc(N)cc1C. The summed E-state index contributed by atoms with van der Waals surface area (Å²) < 4.78 is 0. The lowest BCUT2D eigenvalue weighted by Crippen LogP contribution is -1.91. The first-order valence-electron chi connectivity index (χ1n) is 6.02. The van der Waals surface area contributed by atoms with Crippen molar-refractivity contribution < 1.29 is 0 Å². The fraction of sp³-hybridized carbons (Fsp3) is 0.400. The summed E-state index contributed by atoms with van der Waals surface area (Å²) in [5, 5.41) is 0. The van der Waals surface area contributed by atoms with Crippen LogP contribution in [0.2, 0.25) is 0 Å². The molecule has 0 fully saturated rings. The highest BCUT2D eigenvalue weighted by Crippen LogP contribution is 2.21. The molecule has 92 valence electrons. The molecule has 0 amide bonds. The topological polar surface area (TPSA) is 38.4 Å². The first-order chi connectivity index (χ1) is 7.99. The lowest BCUT2D eigenvalue weighted by Gasteiger charge is -2.04. The number of nitrogens with two attached hydrogens (primary N) is 1. The molecule has 1 rings (SSSR count). The number of anilines is 1.